The number of fused-ring (bicyclic) bond motifs is 1. The maximum absolute atomic E-state index is 4.62. The van der Waals surface area contributed by atoms with Gasteiger partial charge in [0.05, 0.1) is 12.2 Å². The van der Waals surface area contributed by atoms with Gasteiger partial charge < -0.3 is 4.90 Å². The van der Waals surface area contributed by atoms with Crippen molar-refractivity contribution in [3.63, 3.8) is 0 Å². The van der Waals surface area contributed by atoms with Gasteiger partial charge in [-0.3, -0.25) is 4.68 Å². The first-order valence-corrected chi connectivity index (χ1v) is 7.53. The van der Waals surface area contributed by atoms with Crippen LogP contribution in [0.2, 0.25) is 0 Å². The van der Waals surface area contributed by atoms with Crippen molar-refractivity contribution in [1.29, 1.82) is 0 Å². The van der Waals surface area contributed by atoms with Crippen LogP contribution in [0.3, 0.4) is 0 Å². The van der Waals surface area contributed by atoms with Gasteiger partial charge in [-0.15, -0.1) is 0 Å². The van der Waals surface area contributed by atoms with Crippen LogP contribution in [-0.2, 0) is 20.0 Å². The lowest BCUT2D eigenvalue weighted by atomic mass is 9.94. The minimum absolute atomic E-state index is 0.632. The van der Waals surface area contributed by atoms with Crippen LogP contribution >= 0.6 is 0 Å². The van der Waals surface area contributed by atoms with Gasteiger partial charge in [0.15, 0.2) is 0 Å². The third kappa shape index (κ3) is 2.33. The first kappa shape index (κ1) is 13.2. The summed E-state index contributed by atoms with van der Waals surface area (Å²) in [5.41, 5.74) is 5.26. The number of benzene rings is 1. The van der Waals surface area contributed by atoms with Gasteiger partial charge in [0.1, 0.15) is 0 Å². The van der Waals surface area contributed by atoms with Crippen molar-refractivity contribution in [2.24, 2.45) is 7.05 Å². The molecule has 0 spiro atoms. The Balaban J connectivity index is 1.92. The molecular formula is C17H23N3. The van der Waals surface area contributed by atoms with Gasteiger partial charge in [-0.2, -0.15) is 5.10 Å². The van der Waals surface area contributed by atoms with Crippen LogP contribution < -0.4 is 4.90 Å². The van der Waals surface area contributed by atoms with E-state index >= 15 is 0 Å². The normalized spacial score (nSPS) is 18.1. The van der Waals surface area contributed by atoms with Gasteiger partial charge in [0, 0.05) is 24.5 Å². The third-order valence-electron chi connectivity index (χ3n) is 4.46. The molecule has 1 aliphatic heterocycles. The number of para-hydroxylation sites is 1. The molecule has 0 saturated heterocycles. The van der Waals surface area contributed by atoms with Crippen molar-refractivity contribution in [3.8, 4) is 0 Å². The summed E-state index contributed by atoms with van der Waals surface area (Å²) in [5, 5.41) is 4.62. The summed E-state index contributed by atoms with van der Waals surface area (Å²) in [5.74, 6) is 0. The number of hydrogen-bond donors (Lipinski definition) is 0. The first-order chi connectivity index (χ1) is 9.69. The second-order valence-electron chi connectivity index (χ2n) is 5.76. The maximum atomic E-state index is 4.62. The zero-order chi connectivity index (χ0) is 14.1. The summed E-state index contributed by atoms with van der Waals surface area (Å²) in [6.45, 7) is 5.31. The maximum Gasteiger partial charge on any atom is 0.0820 e. The molecule has 2 heterocycles. The number of hydrogen-bond acceptors (Lipinski definition) is 2. The SMILES string of the molecule is CC[C@H]1CCc2ccccc2N1Cc1cc(C)n(C)n1. The minimum Gasteiger partial charge on any atom is -0.362 e. The highest BCUT2D eigenvalue weighted by Crippen LogP contribution is 2.32. The molecule has 0 saturated carbocycles. The second kappa shape index (κ2) is 5.31. The van der Waals surface area contributed by atoms with Gasteiger partial charge >= 0.3 is 0 Å². The molecular weight excluding hydrogens is 246 g/mol. The van der Waals surface area contributed by atoms with Crippen LogP contribution in [0.5, 0.6) is 0 Å². The fourth-order valence-corrected chi connectivity index (χ4v) is 3.20. The van der Waals surface area contributed by atoms with Crippen LogP contribution in [0.15, 0.2) is 30.3 Å². The Morgan fingerprint density at radius 1 is 1.30 bits per heavy atom. The molecule has 1 aliphatic rings. The van der Waals surface area contributed by atoms with Gasteiger partial charge in [-0.25, -0.2) is 0 Å². The summed E-state index contributed by atoms with van der Waals surface area (Å²) in [6.07, 6.45) is 3.64. The molecule has 0 amide bonds. The second-order valence-corrected chi connectivity index (χ2v) is 5.76. The van der Waals surface area contributed by atoms with Crippen molar-refractivity contribution in [2.75, 3.05) is 4.90 Å². The molecule has 0 fully saturated rings. The Morgan fingerprint density at radius 2 is 2.10 bits per heavy atom. The number of nitrogens with zero attached hydrogens (tertiary/aromatic N) is 3. The monoisotopic (exact) mass is 269 g/mol. The highest BCUT2D eigenvalue weighted by Gasteiger charge is 2.25. The molecule has 3 heteroatoms. The molecule has 1 aromatic heterocycles. The van der Waals surface area contributed by atoms with E-state index in [1.807, 2.05) is 11.7 Å². The molecule has 0 unspecified atom stereocenters. The number of rotatable bonds is 3. The van der Waals surface area contributed by atoms with E-state index in [-0.39, 0.29) is 0 Å². The average molecular weight is 269 g/mol. The fraction of sp³-hybridized carbons (Fsp3) is 0.471. The van der Waals surface area contributed by atoms with Crippen molar-refractivity contribution >= 4 is 5.69 Å². The van der Waals surface area contributed by atoms with E-state index in [0.717, 1.165) is 6.54 Å². The molecule has 0 aliphatic carbocycles. The highest BCUT2D eigenvalue weighted by molar-refractivity contribution is 5.56. The van der Waals surface area contributed by atoms with Crippen LogP contribution in [0.1, 0.15) is 36.7 Å². The highest BCUT2D eigenvalue weighted by atomic mass is 15.3. The Labute approximate surface area is 121 Å². The number of aromatic nitrogens is 2. The van der Waals surface area contributed by atoms with E-state index in [4.69, 9.17) is 0 Å². The van der Waals surface area contributed by atoms with Crippen LogP contribution in [0.25, 0.3) is 0 Å². The smallest absolute Gasteiger partial charge is 0.0820 e. The van der Waals surface area contributed by atoms with E-state index in [9.17, 15) is 0 Å². The molecule has 1 aromatic carbocycles. The Morgan fingerprint density at radius 3 is 2.80 bits per heavy atom. The van der Waals surface area contributed by atoms with Crippen molar-refractivity contribution in [2.45, 2.75) is 45.7 Å². The van der Waals surface area contributed by atoms with E-state index < -0.39 is 0 Å². The van der Waals surface area contributed by atoms with Crippen LogP contribution in [0, 0.1) is 6.92 Å². The van der Waals surface area contributed by atoms with Crippen molar-refractivity contribution in [3.05, 3.63) is 47.3 Å². The largest absolute Gasteiger partial charge is 0.362 e. The lowest BCUT2D eigenvalue weighted by Crippen LogP contribution is -2.38. The topological polar surface area (TPSA) is 21.1 Å². The van der Waals surface area contributed by atoms with Crippen LogP contribution in [-0.4, -0.2) is 15.8 Å². The Kier molecular flexibility index (Phi) is 3.51. The molecule has 106 valence electrons. The van der Waals surface area contributed by atoms with Crippen molar-refractivity contribution in [1.82, 2.24) is 9.78 Å². The molecule has 0 radical (unpaired) electrons. The van der Waals surface area contributed by atoms with Gasteiger partial charge in [0.2, 0.25) is 0 Å². The summed E-state index contributed by atoms with van der Waals surface area (Å²) in [6, 6.07) is 11.6. The summed E-state index contributed by atoms with van der Waals surface area (Å²) < 4.78 is 1.96. The number of anilines is 1. The number of aryl methyl sites for hydroxylation is 3. The van der Waals surface area contributed by atoms with E-state index in [2.05, 4.69) is 54.2 Å². The zero-order valence-corrected chi connectivity index (χ0v) is 12.6. The van der Waals surface area contributed by atoms with E-state index in [0.29, 0.717) is 6.04 Å². The van der Waals surface area contributed by atoms with Gasteiger partial charge in [-0.05, 0) is 43.9 Å². The Bertz CT molecular complexity index is 581. The molecule has 0 N–H and O–H groups in total. The predicted molar refractivity (Wildman–Crippen MR) is 83.0 cm³/mol. The lowest BCUT2D eigenvalue weighted by Gasteiger charge is -2.38. The Hall–Kier alpha value is -1.77. The van der Waals surface area contributed by atoms with Gasteiger partial charge in [-0.1, -0.05) is 25.1 Å². The molecule has 3 rings (SSSR count). The quantitative estimate of drug-likeness (QED) is 0.851. The molecule has 2 aromatic rings. The standard InChI is InChI=1S/C17H23N3/c1-4-16-10-9-14-7-5-6-8-17(14)20(16)12-15-11-13(2)19(3)18-15/h5-8,11,16H,4,9-10,12H2,1-3H3/t16-/m0/s1. The summed E-state index contributed by atoms with van der Waals surface area (Å²) >= 11 is 0. The average Bonchev–Trinajstić information content (AvgIpc) is 2.78. The third-order valence-corrected chi connectivity index (χ3v) is 4.46. The minimum atomic E-state index is 0.632. The summed E-state index contributed by atoms with van der Waals surface area (Å²) in [4.78, 5) is 2.54. The van der Waals surface area contributed by atoms with E-state index in [1.54, 1.807) is 0 Å². The van der Waals surface area contributed by atoms with E-state index in [1.165, 1.54) is 41.9 Å². The lowest BCUT2D eigenvalue weighted by molar-refractivity contribution is 0.506. The molecule has 3 nitrogen and oxygen atoms in total. The molecule has 1 atom stereocenters. The van der Waals surface area contributed by atoms with Crippen LogP contribution in [0.4, 0.5) is 5.69 Å². The van der Waals surface area contributed by atoms with Gasteiger partial charge in [0.25, 0.3) is 0 Å². The zero-order valence-electron chi connectivity index (χ0n) is 12.6. The van der Waals surface area contributed by atoms with Crippen molar-refractivity contribution < 1.29 is 0 Å². The molecule has 0 bridgehead atoms. The fourth-order valence-electron chi connectivity index (χ4n) is 3.20. The summed E-state index contributed by atoms with van der Waals surface area (Å²) in [7, 11) is 2.01. The predicted octanol–water partition coefficient (Wildman–Crippen LogP) is 3.46. The molecule has 20 heavy (non-hydrogen) atoms. The first-order valence-electron chi connectivity index (χ1n) is 7.53.